The first-order chi connectivity index (χ1) is 8.35. The molecule has 0 aromatic heterocycles. The zero-order valence-electron chi connectivity index (χ0n) is 11.8. The van der Waals surface area contributed by atoms with E-state index in [0.29, 0.717) is 5.92 Å². The molecule has 1 aliphatic rings. The lowest BCUT2D eigenvalue weighted by Crippen LogP contribution is -2.46. The van der Waals surface area contributed by atoms with Crippen molar-refractivity contribution in [3.63, 3.8) is 0 Å². The molecule has 4 nitrogen and oxygen atoms in total. The molecule has 1 aliphatic carbocycles. The predicted octanol–water partition coefficient (Wildman–Crippen LogP) is 1.84. The molecule has 2 atom stereocenters. The van der Waals surface area contributed by atoms with Gasteiger partial charge in [0.25, 0.3) is 0 Å². The first kappa shape index (κ1) is 15.4. The van der Waals surface area contributed by atoms with Gasteiger partial charge in [0.15, 0.2) is 0 Å². The van der Waals surface area contributed by atoms with E-state index in [-0.39, 0.29) is 18.6 Å². The lowest BCUT2D eigenvalue weighted by Gasteiger charge is -2.32. The van der Waals surface area contributed by atoms with E-state index < -0.39 is 11.5 Å². The molecular weight excluding hydrogens is 230 g/mol. The Labute approximate surface area is 110 Å². The van der Waals surface area contributed by atoms with E-state index in [2.05, 4.69) is 0 Å². The first-order valence-corrected chi connectivity index (χ1v) is 6.94. The van der Waals surface area contributed by atoms with E-state index in [4.69, 9.17) is 10.5 Å². The van der Waals surface area contributed by atoms with Crippen molar-refractivity contribution in [3.8, 4) is 0 Å². The zero-order chi connectivity index (χ0) is 13.8. The summed E-state index contributed by atoms with van der Waals surface area (Å²) in [6, 6.07) is -0.287. The highest BCUT2D eigenvalue weighted by Gasteiger charge is 2.34. The fraction of sp³-hybridized carbons (Fsp3) is 0.929. The summed E-state index contributed by atoms with van der Waals surface area (Å²) in [7, 11) is 0. The Morgan fingerprint density at radius 3 is 2.33 bits per heavy atom. The molecule has 0 heterocycles. The van der Waals surface area contributed by atoms with Crippen molar-refractivity contribution in [2.24, 2.45) is 17.6 Å². The Hall–Kier alpha value is -0.610. The van der Waals surface area contributed by atoms with Crippen molar-refractivity contribution in [1.82, 2.24) is 0 Å². The number of carbonyl (C=O) groups is 1. The van der Waals surface area contributed by atoms with E-state index in [1.165, 1.54) is 19.3 Å². The Morgan fingerprint density at radius 1 is 1.33 bits per heavy atom. The number of aliphatic hydroxyl groups is 1. The van der Waals surface area contributed by atoms with Gasteiger partial charge < -0.3 is 15.6 Å². The molecule has 106 valence electrons. The highest BCUT2D eigenvalue weighted by atomic mass is 16.6. The third-order valence-corrected chi connectivity index (χ3v) is 3.57. The molecule has 0 saturated heterocycles. The van der Waals surface area contributed by atoms with Gasteiger partial charge in [0.2, 0.25) is 0 Å². The Kier molecular flexibility index (Phi) is 5.60. The number of rotatable bonds is 4. The van der Waals surface area contributed by atoms with Gasteiger partial charge in [-0.2, -0.15) is 0 Å². The molecule has 0 amide bonds. The largest absolute Gasteiger partial charge is 0.460 e. The average Bonchev–Trinajstić information content (AvgIpc) is 2.28. The molecule has 0 aromatic rings. The quantitative estimate of drug-likeness (QED) is 0.754. The van der Waals surface area contributed by atoms with Crippen LogP contribution in [0.4, 0.5) is 0 Å². The van der Waals surface area contributed by atoms with Crippen molar-refractivity contribution in [2.75, 3.05) is 6.61 Å². The van der Waals surface area contributed by atoms with E-state index in [1.807, 2.05) is 20.8 Å². The van der Waals surface area contributed by atoms with Crippen LogP contribution < -0.4 is 5.73 Å². The van der Waals surface area contributed by atoms with Crippen LogP contribution in [0.15, 0.2) is 0 Å². The normalized spacial score (nSPS) is 21.4. The minimum atomic E-state index is -0.590. The minimum Gasteiger partial charge on any atom is -0.460 e. The lowest BCUT2D eigenvalue weighted by atomic mass is 9.79. The average molecular weight is 257 g/mol. The SMILES string of the molecule is CC(C)(C)OC(=O)C(CO)C(N)C1CCCCC1. The monoisotopic (exact) mass is 257 g/mol. The molecule has 0 radical (unpaired) electrons. The van der Waals surface area contributed by atoms with Gasteiger partial charge in [-0.15, -0.1) is 0 Å². The number of ether oxygens (including phenoxy) is 1. The van der Waals surface area contributed by atoms with Crippen LogP contribution in [-0.2, 0) is 9.53 Å². The highest BCUT2D eigenvalue weighted by Crippen LogP contribution is 2.29. The topological polar surface area (TPSA) is 72.5 Å². The van der Waals surface area contributed by atoms with E-state index in [0.717, 1.165) is 12.8 Å². The highest BCUT2D eigenvalue weighted by molar-refractivity contribution is 5.74. The molecule has 0 bridgehead atoms. The summed E-state index contributed by atoms with van der Waals surface area (Å²) in [5, 5.41) is 9.41. The Morgan fingerprint density at radius 2 is 1.89 bits per heavy atom. The second kappa shape index (κ2) is 6.53. The van der Waals surface area contributed by atoms with Gasteiger partial charge in [0.05, 0.1) is 12.5 Å². The van der Waals surface area contributed by atoms with Crippen LogP contribution in [0.25, 0.3) is 0 Å². The number of aliphatic hydroxyl groups excluding tert-OH is 1. The molecular formula is C14H27NO3. The molecule has 1 saturated carbocycles. The summed E-state index contributed by atoms with van der Waals surface area (Å²) >= 11 is 0. The fourth-order valence-corrected chi connectivity index (χ4v) is 2.58. The van der Waals surface area contributed by atoms with Crippen LogP contribution in [-0.4, -0.2) is 29.3 Å². The number of hydrogen-bond acceptors (Lipinski definition) is 4. The maximum absolute atomic E-state index is 12.0. The van der Waals surface area contributed by atoms with Crippen molar-refractivity contribution >= 4 is 5.97 Å². The third-order valence-electron chi connectivity index (χ3n) is 3.57. The Bertz CT molecular complexity index is 267. The summed E-state index contributed by atoms with van der Waals surface area (Å²) in [6.45, 7) is 5.25. The van der Waals surface area contributed by atoms with Crippen LogP contribution in [0.5, 0.6) is 0 Å². The molecule has 18 heavy (non-hydrogen) atoms. The molecule has 0 spiro atoms. The molecule has 0 aromatic carbocycles. The van der Waals surface area contributed by atoms with Gasteiger partial charge in [-0.05, 0) is 39.5 Å². The van der Waals surface area contributed by atoms with Gasteiger partial charge in [0, 0.05) is 6.04 Å². The third kappa shape index (κ3) is 4.58. The number of nitrogens with two attached hydrogens (primary N) is 1. The smallest absolute Gasteiger partial charge is 0.313 e. The van der Waals surface area contributed by atoms with Crippen LogP contribution in [0.3, 0.4) is 0 Å². The molecule has 2 unspecified atom stereocenters. The van der Waals surface area contributed by atoms with Gasteiger partial charge in [0.1, 0.15) is 5.60 Å². The summed E-state index contributed by atoms with van der Waals surface area (Å²) in [5.41, 5.74) is 5.63. The van der Waals surface area contributed by atoms with Crippen LogP contribution in [0, 0.1) is 11.8 Å². The zero-order valence-corrected chi connectivity index (χ0v) is 11.8. The van der Waals surface area contributed by atoms with Crippen molar-refractivity contribution in [2.45, 2.75) is 64.5 Å². The van der Waals surface area contributed by atoms with Gasteiger partial charge >= 0.3 is 5.97 Å². The molecule has 1 rings (SSSR count). The van der Waals surface area contributed by atoms with Crippen molar-refractivity contribution in [1.29, 1.82) is 0 Å². The maximum atomic E-state index is 12.0. The second-order valence-corrected chi connectivity index (χ2v) is 6.30. The molecule has 3 N–H and O–H groups in total. The number of carbonyl (C=O) groups excluding carboxylic acids is 1. The summed E-state index contributed by atoms with van der Waals surface area (Å²) in [4.78, 5) is 12.0. The number of esters is 1. The fourth-order valence-electron chi connectivity index (χ4n) is 2.58. The van der Waals surface area contributed by atoms with Crippen molar-refractivity contribution < 1.29 is 14.6 Å². The van der Waals surface area contributed by atoms with Crippen molar-refractivity contribution in [3.05, 3.63) is 0 Å². The summed E-state index contributed by atoms with van der Waals surface area (Å²) < 4.78 is 5.32. The lowest BCUT2D eigenvalue weighted by molar-refractivity contribution is -0.163. The molecule has 0 aliphatic heterocycles. The number of hydrogen-bond donors (Lipinski definition) is 2. The first-order valence-electron chi connectivity index (χ1n) is 6.94. The van der Waals surface area contributed by atoms with E-state index in [1.54, 1.807) is 0 Å². The van der Waals surface area contributed by atoms with Crippen LogP contribution >= 0.6 is 0 Å². The molecule has 4 heteroatoms. The van der Waals surface area contributed by atoms with Gasteiger partial charge in [-0.3, -0.25) is 4.79 Å². The molecule has 1 fully saturated rings. The van der Waals surface area contributed by atoms with E-state index >= 15 is 0 Å². The summed E-state index contributed by atoms with van der Waals surface area (Å²) in [6.07, 6.45) is 5.70. The van der Waals surface area contributed by atoms with E-state index in [9.17, 15) is 9.90 Å². The summed E-state index contributed by atoms with van der Waals surface area (Å²) in [5.74, 6) is -0.626. The predicted molar refractivity (Wildman–Crippen MR) is 71.0 cm³/mol. The van der Waals surface area contributed by atoms with Crippen LogP contribution in [0.1, 0.15) is 52.9 Å². The standard InChI is InChI=1S/C14H27NO3/c1-14(2,3)18-13(17)11(9-16)12(15)10-7-5-4-6-8-10/h10-12,16H,4-9,15H2,1-3H3. The Balaban J connectivity index is 2.60. The minimum absolute atomic E-state index is 0.230. The van der Waals surface area contributed by atoms with Gasteiger partial charge in [-0.25, -0.2) is 0 Å². The van der Waals surface area contributed by atoms with Gasteiger partial charge in [-0.1, -0.05) is 19.3 Å². The van der Waals surface area contributed by atoms with Crippen LogP contribution in [0.2, 0.25) is 0 Å². The maximum Gasteiger partial charge on any atom is 0.313 e. The second-order valence-electron chi connectivity index (χ2n) is 6.30.